The Morgan fingerprint density at radius 1 is 1.62 bits per heavy atom. The summed E-state index contributed by atoms with van der Waals surface area (Å²) in [4.78, 5) is 0. The van der Waals surface area contributed by atoms with Crippen LogP contribution < -0.4 is 5.73 Å². The zero-order valence-electron chi connectivity index (χ0n) is 6.80. The van der Waals surface area contributed by atoms with E-state index in [4.69, 9.17) is 22.6 Å². The van der Waals surface area contributed by atoms with Crippen LogP contribution in [0.2, 0.25) is 5.02 Å². The second-order valence-corrected chi connectivity index (χ2v) is 3.93. The predicted molar refractivity (Wildman–Crippen MR) is 56.3 cm³/mol. The van der Waals surface area contributed by atoms with Crippen LogP contribution in [-0.4, -0.2) is 0 Å². The first kappa shape index (κ1) is 10.5. The standard InChI is InChI=1S/C9H8BrClN2/c10-8-5-6(11)1-2-7(8)9(13)3-4-12/h1-2,5,9H,3,13H2/t9-/m1/s1. The van der Waals surface area contributed by atoms with E-state index in [2.05, 4.69) is 15.9 Å². The van der Waals surface area contributed by atoms with Gasteiger partial charge in [0.25, 0.3) is 0 Å². The summed E-state index contributed by atoms with van der Waals surface area (Å²) in [5.41, 5.74) is 6.67. The molecule has 0 heterocycles. The second kappa shape index (κ2) is 4.61. The van der Waals surface area contributed by atoms with E-state index in [1.807, 2.05) is 12.1 Å². The average molecular weight is 260 g/mol. The van der Waals surface area contributed by atoms with Gasteiger partial charge in [-0.15, -0.1) is 0 Å². The van der Waals surface area contributed by atoms with Gasteiger partial charge in [0, 0.05) is 15.5 Å². The maximum absolute atomic E-state index is 8.47. The normalized spacial score (nSPS) is 12.2. The topological polar surface area (TPSA) is 49.8 Å². The van der Waals surface area contributed by atoms with Gasteiger partial charge in [-0.25, -0.2) is 0 Å². The molecular formula is C9H8BrClN2. The summed E-state index contributed by atoms with van der Waals surface area (Å²) in [6.07, 6.45) is 0.306. The fraction of sp³-hybridized carbons (Fsp3) is 0.222. The average Bonchev–Trinajstić information content (AvgIpc) is 2.04. The van der Waals surface area contributed by atoms with E-state index in [9.17, 15) is 0 Å². The number of hydrogen-bond acceptors (Lipinski definition) is 2. The third kappa shape index (κ3) is 2.70. The van der Waals surface area contributed by atoms with Crippen molar-refractivity contribution in [3.8, 4) is 6.07 Å². The number of nitrogens with two attached hydrogens (primary N) is 1. The highest BCUT2D eigenvalue weighted by molar-refractivity contribution is 9.10. The molecule has 1 aromatic rings. The lowest BCUT2D eigenvalue weighted by Gasteiger charge is -2.09. The third-order valence-electron chi connectivity index (χ3n) is 1.67. The molecule has 0 amide bonds. The van der Waals surface area contributed by atoms with E-state index in [1.165, 1.54) is 0 Å². The van der Waals surface area contributed by atoms with Crippen LogP contribution in [0.3, 0.4) is 0 Å². The smallest absolute Gasteiger partial charge is 0.0641 e. The summed E-state index contributed by atoms with van der Waals surface area (Å²) in [7, 11) is 0. The molecule has 2 N–H and O–H groups in total. The molecule has 1 atom stereocenters. The minimum atomic E-state index is -0.253. The minimum absolute atomic E-state index is 0.253. The molecule has 4 heteroatoms. The Morgan fingerprint density at radius 2 is 2.31 bits per heavy atom. The van der Waals surface area contributed by atoms with Crippen LogP contribution in [0.25, 0.3) is 0 Å². The number of nitrogens with zero attached hydrogens (tertiary/aromatic N) is 1. The molecule has 2 nitrogen and oxygen atoms in total. The predicted octanol–water partition coefficient (Wildman–Crippen LogP) is 3.02. The molecule has 0 unspecified atom stereocenters. The van der Waals surface area contributed by atoms with E-state index in [-0.39, 0.29) is 6.04 Å². The Labute approximate surface area is 90.4 Å². The first-order chi connectivity index (χ1) is 6.15. The first-order valence-corrected chi connectivity index (χ1v) is 4.89. The number of benzene rings is 1. The number of hydrogen-bond donors (Lipinski definition) is 1. The van der Waals surface area contributed by atoms with Crippen molar-refractivity contribution < 1.29 is 0 Å². The van der Waals surface area contributed by atoms with Gasteiger partial charge in [-0.3, -0.25) is 0 Å². The molecule has 68 valence electrons. The van der Waals surface area contributed by atoms with Crippen molar-refractivity contribution in [2.75, 3.05) is 0 Å². The number of halogens is 2. The van der Waals surface area contributed by atoms with Crippen LogP contribution in [0.5, 0.6) is 0 Å². The van der Waals surface area contributed by atoms with Gasteiger partial charge in [-0.05, 0) is 17.7 Å². The van der Waals surface area contributed by atoms with Crippen molar-refractivity contribution in [2.24, 2.45) is 5.73 Å². The summed E-state index contributed by atoms with van der Waals surface area (Å²) in [6.45, 7) is 0. The minimum Gasteiger partial charge on any atom is -0.323 e. The molecule has 0 aliphatic heterocycles. The van der Waals surface area contributed by atoms with E-state index in [1.54, 1.807) is 12.1 Å². The molecule has 0 aromatic heterocycles. The van der Waals surface area contributed by atoms with Crippen LogP contribution in [0.15, 0.2) is 22.7 Å². The Kier molecular flexibility index (Phi) is 3.73. The van der Waals surface area contributed by atoms with Gasteiger partial charge in [-0.2, -0.15) is 5.26 Å². The zero-order valence-corrected chi connectivity index (χ0v) is 9.14. The van der Waals surface area contributed by atoms with E-state index >= 15 is 0 Å². The van der Waals surface area contributed by atoms with Crippen molar-refractivity contribution in [3.63, 3.8) is 0 Å². The van der Waals surface area contributed by atoms with Gasteiger partial charge in [0.2, 0.25) is 0 Å². The Balaban J connectivity index is 2.96. The maximum atomic E-state index is 8.47. The largest absolute Gasteiger partial charge is 0.323 e. The first-order valence-electron chi connectivity index (χ1n) is 3.72. The fourth-order valence-electron chi connectivity index (χ4n) is 1.01. The molecule has 0 fully saturated rings. The lowest BCUT2D eigenvalue weighted by molar-refractivity contribution is 0.745. The zero-order chi connectivity index (χ0) is 9.84. The molecular weight excluding hydrogens is 251 g/mol. The molecule has 0 aliphatic rings. The van der Waals surface area contributed by atoms with Crippen molar-refractivity contribution in [1.82, 2.24) is 0 Å². The van der Waals surface area contributed by atoms with Gasteiger partial charge in [0.15, 0.2) is 0 Å². The SMILES string of the molecule is N#CC[C@@H](N)c1ccc(Cl)cc1Br. The van der Waals surface area contributed by atoms with Crippen LogP contribution in [0.4, 0.5) is 0 Å². The molecule has 1 rings (SSSR count). The highest BCUT2D eigenvalue weighted by Gasteiger charge is 2.09. The highest BCUT2D eigenvalue weighted by atomic mass is 79.9. The van der Waals surface area contributed by atoms with Crippen molar-refractivity contribution in [1.29, 1.82) is 5.26 Å². The molecule has 13 heavy (non-hydrogen) atoms. The van der Waals surface area contributed by atoms with Crippen LogP contribution in [0, 0.1) is 11.3 Å². The third-order valence-corrected chi connectivity index (χ3v) is 2.60. The van der Waals surface area contributed by atoms with Crippen LogP contribution >= 0.6 is 27.5 Å². The second-order valence-electron chi connectivity index (χ2n) is 2.63. The van der Waals surface area contributed by atoms with Crippen LogP contribution in [-0.2, 0) is 0 Å². The molecule has 0 spiro atoms. The quantitative estimate of drug-likeness (QED) is 0.887. The molecule has 0 aliphatic carbocycles. The molecule has 1 aromatic carbocycles. The molecule has 0 radical (unpaired) electrons. The summed E-state index contributed by atoms with van der Waals surface area (Å²) < 4.78 is 0.850. The fourth-order valence-corrected chi connectivity index (χ4v) is 1.99. The van der Waals surface area contributed by atoms with Gasteiger partial charge < -0.3 is 5.73 Å². The van der Waals surface area contributed by atoms with Gasteiger partial charge in [-0.1, -0.05) is 33.6 Å². The van der Waals surface area contributed by atoms with Gasteiger partial charge in [0.1, 0.15) is 0 Å². The molecule has 0 saturated carbocycles. The summed E-state index contributed by atoms with van der Waals surface area (Å²) in [5, 5.41) is 9.12. The monoisotopic (exact) mass is 258 g/mol. The number of nitriles is 1. The van der Waals surface area contributed by atoms with E-state index in [0.29, 0.717) is 11.4 Å². The summed E-state index contributed by atoms with van der Waals surface area (Å²) in [6, 6.07) is 7.14. The van der Waals surface area contributed by atoms with E-state index in [0.717, 1.165) is 10.0 Å². The molecule has 0 bridgehead atoms. The van der Waals surface area contributed by atoms with Crippen molar-refractivity contribution in [2.45, 2.75) is 12.5 Å². The summed E-state index contributed by atoms with van der Waals surface area (Å²) >= 11 is 9.11. The van der Waals surface area contributed by atoms with Gasteiger partial charge in [0.05, 0.1) is 12.5 Å². The van der Waals surface area contributed by atoms with Crippen molar-refractivity contribution in [3.05, 3.63) is 33.3 Å². The molecule has 0 saturated heterocycles. The highest BCUT2D eigenvalue weighted by Crippen LogP contribution is 2.26. The van der Waals surface area contributed by atoms with Crippen LogP contribution in [0.1, 0.15) is 18.0 Å². The Morgan fingerprint density at radius 3 is 2.85 bits per heavy atom. The Hall–Kier alpha value is -0.560. The lowest BCUT2D eigenvalue weighted by atomic mass is 10.1. The lowest BCUT2D eigenvalue weighted by Crippen LogP contribution is -2.09. The summed E-state index contributed by atoms with van der Waals surface area (Å²) in [5.74, 6) is 0. The number of rotatable bonds is 2. The Bertz CT molecular complexity index is 346. The van der Waals surface area contributed by atoms with Crippen molar-refractivity contribution >= 4 is 27.5 Å². The maximum Gasteiger partial charge on any atom is 0.0641 e. The van der Waals surface area contributed by atoms with Gasteiger partial charge >= 0.3 is 0 Å². The van der Waals surface area contributed by atoms with E-state index < -0.39 is 0 Å².